The van der Waals surface area contributed by atoms with Crippen LogP contribution in [0.2, 0.25) is 5.02 Å². The molecule has 18 heavy (non-hydrogen) atoms. The predicted molar refractivity (Wildman–Crippen MR) is 78.4 cm³/mol. The van der Waals surface area contributed by atoms with Crippen LogP contribution in [0, 0.1) is 0 Å². The molecule has 0 radical (unpaired) electrons. The molecule has 0 aliphatic rings. The number of fused-ring (bicyclic) bond motifs is 1. The Morgan fingerprint density at radius 1 is 1.22 bits per heavy atom. The summed E-state index contributed by atoms with van der Waals surface area (Å²) in [7, 11) is 0. The van der Waals surface area contributed by atoms with Gasteiger partial charge in [-0.25, -0.2) is 4.98 Å². The van der Waals surface area contributed by atoms with E-state index in [1.165, 1.54) is 25.7 Å². The van der Waals surface area contributed by atoms with Gasteiger partial charge in [0.1, 0.15) is 5.82 Å². The van der Waals surface area contributed by atoms with Gasteiger partial charge in [-0.1, -0.05) is 37.8 Å². The molecule has 0 fully saturated rings. The molecular formula is C14H18Cl2N2. The number of hydrogen-bond donors (Lipinski definition) is 0. The summed E-state index contributed by atoms with van der Waals surface area (Å²) < 4.78 is 2.22. The van der Waals surface area contributed by atoms with Crippen molar-refractivity contribution in [3.05, 3.63) is 29.0 Å². The van der Waals surface area contributed by atoms with E-state index in [0.717, 1.165) is 28.4 Å². The number of hydrogen-bond acceptors (Lipinski definition) is 1. The molecule has 2 rings (SSSR count). The monoisotopic (exact) mass is 284 g/mol. The van der Waals surface area contributed by atoms with Crippen molar-refractivity contribution in [2.24, 2.45) is 0 Å². The highest BCUT2D eigenvalue weighted by Crippen LogP contribution is 2.22. The number of alkyl halides is 1. The third-order valence-corrected chi connectivity index (χ3v) is 3.62. The molecule has 0 saturated heterocycles. The maximum absolute atomic E-state index is 5.99. The van der Waals surface area contributed by atoms with Crippen molar-refractivity contribution in [2.75, 3.05) is 0 Å². The lowest BCUT2D eigenvalue weighted by atomic mass is 10.2. The summed E-state index contributed by atoms with van der Waals surface area (Å²) in [6, 6.07) is 5.84. The largest absolute Gasteiger partial charge is 0.327 e. The quantitative estimate of drug-likeness (QED) is 0.539. The number of imidazole rings is 1. The molecular weight excluding hydrogens is 267 g/mol. The van der Waals surface area contributed by atoms with Gasteiger partial charge in [-0.3, -0.25) is 0 Å². The van der Waals surface area contributed by atoms with Gasteiger partial charge in [0.05, 0.1) is 16.9 Å². The Balaban J connectivity index is 2.23. The summed E-state index contributed by atoms with van der Waals surface area (Å²) >= 11 is 12.0. The predicted octanol–water partition coefficient (Wildman–Crippen LogP) is 5.01. The van der Waals surface area contributed by atoms with Crippen molar-refractivity contribution in [3.63, 3.8) is 0 Å². The summed E-state index contributed by atoms with van der Waals surface area (Å²) in [5, 5.41) is 0.722. The first-order valence-corrected chi connectivity index (χ1v) is 7.38. The summed E-state index contributed by atoms with van der Waals surface area (Å²) in [4.78, 5) is 4.54. The summed E-state index contributed by atoms with van der Waals surface area (Å²) in [5.74, 6) is 1.38. The number of unbranched alkanes of at least 4 members (excludes halogenated alkanes) is 3. The van der Waals surface area contributed by atoms with Crippen molar-refractivity contribution >= 4 is 34.2 Å². The number of halogens is 2. The van der Waals surface area contributed by atoms with E-state index in [2.05, 4.69) is 16.5 Å². The summed E-state index contributed by atoms with van der Waals surface area (Å²) in [6.45, 7) is 3.21. The third kappa shape index (κ3) is 2.99. The zero-order chi connectivity index (χ0) is 13.0. The van der Waals surface area contributed by atoms with Gasteiger partial charge in [0, 0.05) is 11.6 Å². The average molecular weight is 285 g/mol. The minimum atomic E-state index is 0.445. The van der Waals surface area contributed by atoms with Crippen molar-refractivity contribution in [1.82, 2.24) is 9.55 Å². The second-order valence-electron chi connectivity index (χ2n) is 4.51. The van der Waals surface area contributed by atoms with Crippen molar-refractivity contribution < 1.29 is 0 Å². The molecule has 1 aromatic carbocycles. The third-order valence-electron chi connectivity index (χ3n) is 3.14. The molecule has 0 spiro atoms. The molecule has 0 bridgehead atoms. The molecule has 1 heterocycles. The Morgan fingerprint density at radius 3 is 2.78 bits per heavy atom. The number of aromatic nitrogens is 2. The Hall–Kier alpha value is -0.730. The zero-order valence-electron chi connectivity index (χ0n) is 10.6. The van der Waals surface area contributed by atoms with Crippen LogP contribution in [0.4, 0.5) is 0 Å². The molecule has 0 N–H and O–H groups in total. The Kier molecular flexibility index (Phi) is 4.90. The van der Waals surface area contributed by atoms with Crippen LogP contribution in [-0.2, 0) is 12.4 Å². The summed E-state index contributed by atoms with van der Waals surface area (Å²) in [6.07, 6.45) is 4.97. The highest BCUT2D eigenvalue weighted by atomic mass is 35.5. The standard InChI is InChI=1S/C14H18Cl2N2/c1-2-3-4-5-8-18-13-7-6-11(16)9-12(13)17-14(18)10-15/h6-7,9H,2-5,8,10H2,1H3. The summed E-state index contributed by atoms with van der Waals surface area (Å²) in [5.41, 5.74) is 2.07. The van der Waals surface area contributed by atoms with Crippen LogP contribution in [0.1, 0.15) is 38.4 Å². The van der Waals surface area contributed by atoms with Crippen molar-refractivity contribution in [3.8, 4) is 0 Å². The van der Waals surface area contributed by atoms with Crippen LogP contribution in [0.3, 0.4) is 0 Å². The van der Waals surface area contributed by atoms with E-state index in [1.54, 1.807) is 0 Å². The van der Waals surface area contributed by atoms with Crippen LogP contribution in [-0.4, -0.2) is 9.55 Å². The normalized spacial score (nSPS) is 11.3. The second-order valence-corrected chi connectivity index (χ2v) is 5.21. The first-order valence-electron chi connectivity index (χ1n) is 6.47. The molecule has 0 aliphatic carbocycles. The minimum absolute atomic E-state index is 0.445. The molecule has 0 saturated carbocycles. The second kappa shape index (κ2) is 6.44. The highest BCUT2D eigenvalue weighted by Gasteiger charge is 2.09. The van der Waals surface area contributed by atoms with Crippen LogP contribution in [0.15, 0.2) is 18.2 Å². The van der Waals surface area contributed by atoms with Gasteiger partial charge in [0.15, 0.2) is 0 Å². The lowest BCUT2D eigenvalue weighted by molar-refractivity contribution is 0.581. The smallest absolute Gasteiger partial charge is 0.124 e. The van der Waals surface area contributed by atoms with E-state index < -0.39 is 0 Å². The molecule has 0 amide bonds. The SMILES string of the molecule is CCCCCCn1c(CCl)nc2cc(Cl)ccc21. The van der Waals surface area contributed by atoms with E-state index in [-0.39, 0.29) is 0 Å². The Bertz CT molecular complexity index is 520. The fourth-order valence-corrected chi connectivity index (χ4v) is 2.57. The van der Waals surface area contributed by atoms with Gasteiger partial charge in [-0.05, 0) is 24.6 Å². The highest BCUT2D eigenvalue weighted by molar-refractivity contribution is 6.31. The molecule has 2 nitrogen and oxygen atoms in total. The maximum atomic E-state index is 5.99. The zero-order valence-corrected chi connectivity index (χ0v) is 12.1. The first-order chi connectivity index (χ1) is 8.76. The van der Waals surface area contributed by atoms with E-state index in [0.29, 0.717) is 5.88 Å². The maximum Gasteiger partial charge on any atom is 0.124 e. The number of benzene rings is 1. The number of rotatable bonds is 6. The number of aryl methyl sites for hydroxylation is 1. The molecule has 0 aliphatic heterocycles. The van der Waals surface area contributed by atoms with E-state index in [9.17, 15) is 0 Å². The number of nitrogens with zero attached hydrogens (tertiary/aromatic N) is 2. The van der Waals surface area contributed by atoms with Crippen LogP contribution in [0.5, 0.6) is 0 Å². The Morgan fingerprint density at radius 2 is 2.06 bits per heavy atom. The van der Waals surface area contributed by atoms with Crippen LogP contribution in [0.25, 0.3) is 11.0 Å². The first kappa shape index (κ1) is 13.7. The Labute approximate surface area is 118 Å². The van der Waals surface area contributed by atoms with Crippen molar-refractivity contribution in [2.45, 2.75) is 45.0 Å². The van der Waals surface area contributed by atoms with Gasteiger partial charge in [0.25, 0.3) is 0 Å². The fourth-order valence-electron chi connectivity index (χ4n) is 2.20. The van der Waals surface area contributed by atoms with Gasteiger partial charge in [-0.2, -0.15) is 0 Å². The molecule has 1 aromatic heterocycles. The van der Waals surface area contributed by atoms with Gasteiger partial charge < -0.3 is 4.57 Å². The molecule has 0 atom stereocenters. The van der Waals surface area contributed by atoms with Crippen LogP contribution < -0.4 is 0 Å². The van der Waals surface area contributed by atoms with E-state index in [1.807, 2.05) is 18.2 Å². The van der Waals surface area contributed by atoms with Gasteiger partial charge in [0.2, 0.25) is 0 Å². The molecule has 4 heteroatoms. The topological polar surface area (TPSA) is 17.8 Å². The molecule has 0 unspecified atom stereocenters. The average Bonchev–Trinajstić information content (AvgIpc) is 2.71. The molecule has 98 valence electrons. The van der Waals surface area contributed by atoms with E-state index in [4.69, 9.17) is 23.2 Å². The van der Waals surface area contributed by atoms with Crippen molar-refractivity contribution in [1.29, 1.82) is 0 Å². The minimum Gasteiger partial charge on any atom is -0.327 e. The van der Waals surface area contributed by atoms with Gasteiger partial charge in [-0.15, -0.1) is 11.6 Å². The fraction of sp³-hybridized carbons (Fsp3) is 0.500. The lowest BCUT2D eigenvalue weighted by Crippen LogP contribution is -2.02. The lowest BCUT2D eigenvalue weighted by Gasteiger charge is -2.07. The van der Waals surface area contributed by atoms with Crippen LogP contribution >= 0.6 is 23.2 Å². The van der Waals surface area contributed by atoms with E-state index >= 15 is 0 Å². The van der Waals surface area contributed by atoms with Gasteiger partial charge >= 0.3 is 0 Å². The molecule has 2 aromatic rings.